The number of carbonyl (C=O) groups is 1. The minimum atomic E-state index is -0.0311. The van der Waals surface area contributed by atoms with E-state index in [1.807, 2.05) is 24.3 Å². The normalized spacial score (nSPS) is 10.6. The predicted octanol–water partition coefficient (Wildman–Crippen LogP) is 4.34. The van der Waals surface area contributed by atoms with Crippen molar-refractivity contribution in [1.29, 1.82) is 0 Å². The Bertz CT molecular complexity index is 590. The minimum Gasteiger partial charge on any atom is -0.348 e. The van der Waals surface area contributed by atoms with Gasteiger partial charge in [0.2, 0.25) is 0 Å². The fourth-order valence-corrected chi connectivity index (χ4v) is 2.48. The van der Waals surface area contributed by atoms with Gasteiger partial charge in [0.1, 0.15) is 0 Å². The monoisotopic (exact) mass is 379 g/mol. The first kappa shape index (κ1) is 15.0. The van der Waals surface area contributed by atoms with Crippen LogP contribution in [0, 0.1) is 3.57 Å². The first-order valence-electron chi connectivity index (χ1n) is 6.69. The summed E-state index contributed by atoms with van der Waals surface area (Å²) in [6.45, 7) is 4.91. The number of halogens is 1. The molecule has 0 spiro atoms. The summed E-state index contributed by atoms with van der Waals surface area (Å²) in [5.41, 5.74) is 3.14. The number of amides is 1. The van der Waals surface area contributed by atoms with Crippen molar-refractivity contribution in [2.75, 3.05) is 0 Å². The van der Waals surface area contributed by atoms with Crippen LogP contribution >= 0.6 is 22.6 Å². The molecule has 104 valence electrons. The third kappa shape index (κ3) is 4.07. The zero-order valence-electron chi connectivity index (χ0n) is 11.7. The quantitative estimate of drug-likeness (QED) is 0.787. The van der Waals surface area contributed by atoms with Gasteiger partial charge in [0.15, 0.2) is 0 Å². The number of benzene rings is 2. The van der Waals surface area contributed by atoms with Gasteiger partial charge < -0.3 is 5.32 Å². The zero-order valence-corrected chi connectivity index (χ0v) is 13.8. The lowest BCUT2D eigenvalue weighted by molar-refractivity contribution is 0.0951. The van der Waals surface area contributed by atoms with Crippen LogP contribution < -0.4 is 5.32 Å². The van der Waals surface area contributed by atoms with E-state index in [0.717, 1.165) is 9.13 Å². The molecule has 0 radical (unpaired) electrons. The van der Waals surface area contributed by atoms with Crippen LogP contribution in [0.25, 0.3) is 0 Å². The maximum absolute atomic E-state index is 12.0. The molecule has 0 aromatic heterocycles. The highest BCUT2D eigenvalue weighted by atomic mass is 127. The summed E-state index contributed by atoms with van der Waals surface area (Å²) in [6, 6.07) is 16.0. The molecule has 2 rings (SSSR count). The molecular formula is C17H18INO. The van der Waals surface area contributed by atoms with Crippen molar-refractivity contribution in [3.05, 3.63) is 68.8 Å². The average Bonchev–Trinajstić information content (AvgIpc) is 2.45. The van der Waals surface area contributed by atoms with Gasteiger partial charge in [-0.3, -0.25) is 4.79 Å². The molecule has 0 aliphatic heterocycles. The molecule has 0 heterocycles. The fourth-order valence-electron chi connectivity index (χ4n) is 1.93. The third-order valence-electron chi connectivity index (χ3n) is 3.19. The lowest BCUT2D eigenvalue weighted by atomic mass is 10.0. The van der Waals surface area contributed by atoms with Gasteiger partial charge in [0.05, 0.1) is 0 Å². The Morgan fingerprint density at radius 1 is 1.15 bits per heavy atom. The largest absolute Gasteiger partial charge is 0.348 e. The number of carbonyl (C=O) groups excluding carboxylic acids is 1. The third-order valence-corrected chi connectivity index (χ3v) is 3.86. The van der Waals surface area contributed by atoms with Gasteiger partial charge in [0.25, 0.3) is 5.91 Å². The topological polar surface area (TPSA) is 29.1 Å². The summed E-state index contributed by atoms with van der Waals surface area (Å²) in [5.74, 6) is 0.501. The summed E-state index contributed by atoms with van der Waals surface area (Å²) in [4.78, 5) is 12.0. The highest BCUT2D eigenvalue weighted by Gasteiger charge is 2.05. The molecule has 0 aliphatic carbocycles. The maximum Gasteiger partial charge on any atom is 0.251 e. The lowest BCUT2D eigenvalue weighted by Gasteiger charge is -2.08. The second-order valence-corrected chi connectivity index (χ2v) is 6.33. The van der Waals surface area contributed by atoms with Crippen LogP contribution in [0.15, 0.2) is 48.5 Å². The van der Waals surface area contributed by atoms with Crippen LogP contribution in [0.1, 0.15) is 41.3 Å². The van der Waals surface area contributed by atoms with Crippen LogP contribution in [0.3, 0.4) is 0 Å². The van der Waals surface area contributed by atoms with E-state index in [4.69, 9.17) is 0 Å². The molecule has 0 unspecified atom stereocenters. The van der Waals surface area contributed by atoms with Crippen molar-refractivity contribution >= 4 is 28.5 Å². The number of rotatable bonds is 4. The Morgan fingerprint density at radius 3 is 2.45 bits per heavy atom. The van der Waals surface area contributed by atoms with E-state index in [1.165, 1.54) is 5.56 Å². The van der Waals surface area contributed by atoms with Crippen molar-refractivity contribution in [3.63, 3.8) is 0 Å². The van der Waals surface area contributed by atoms with E-state index >= 15 is 0 Å². The highest BCUT2D eigenvalue weighted by molar-refractivity contribution is 14.1. The molecule has 2 aromatic carbocycles. The van der Waals surface area contributed by atoms with Crippen LogP contribution in [0.2, 0.25) is 0 Å². The van der Waals surface area contributed by atoms with Crippen molar-refractivity contribution in [3.8, 4) is 0 Å². The summed E-state index contributed by atoms with van der Waals surface area (Å²) in [7, 11) is 0. The molecule has 3 heteroatoms. The smallest absolute Gasteiger partial charge is 0.251 e. The molecule has 2 nitrogen and oxygen atoms in total. The Kier molecular flexibility index (Phi) is 5.17. The second-order valence-electron chi connectivity index (χ2n) is 5.09. The Balaban J connectivity index is 1.96. The van der Waals surface area contributed by atoms with Gasteiger partial charge in [-0.1, -0.05) is 44.2 Å². The van der Waals surface area contributed by atoms with Crippen molar-refractivity contribution < 1.29 is 4.79 Å². The fraction of sp³-hybridized carbons (Fsp3) is 0.235. The van der Waals surface area contributed by atoms with Gasteiger partial charge >= 0.3 is 0 Å². The van der Waals surface area contributed by atoms with E-state index < -0.39 is 0 Å². The van der Waals surface area contributed by atoms with Gasteiger partial charge in [-0.25, -0.2) is 0 Å². The van der Waals surface area contributed by atoms with Crippen LogP contribution in [0.5, 0.6) is 0 Å². The Labute approximate surface area is 133 Å². The standard InChI is InChI=1S/C17H18INO/c1-12(2)14-8-6-13(7-9-14)11-19-17(20)15-4-3-5-16(18)10-15/h3-10,12H,11H2,1-2H3,(H,19,20). The van der Waals surface area contributed by atoms with E-state index in [1.54, 1.807) is 0 Å². The lowest BCUT2D eigenvalue weighted by Crippen LogP contribution is -2.22. The van der Waals surface area contributed by atoms with Crippen LogP contribution in [-0.2, 0) is 6.54 Å². The van der Waals surface area contributed by atoms with Gasteiger partial charge in [0, 0.05) is 15.7 Å². The average molecular weight is 379 g/mol. The molecule has 2 aromatic rings. The van der Waals surface area contributed by atoms with Crippen molar-refractivity contribution in [1.82, 2.24) is 5.32 Å². The second kappa shape index (κ2) is 6.88. The summed E-state index contributed by atoms with van der Waals surface area (Å²) in [5, 5.41) is 2.95. The first-order chi connectivity index (χ1) is 9.56. The first-order valence-corrected chi connectivity index (χ1v) is 7.77. The predicted molar refractivity (Wildman–Crippen MR) is 90.9 cm³/mol. The molecule has 20 heavy (non-hydrogen) atoms. The SMILES string of the molecule is CC(C)c1ccc(CNC(=O)c2cccc(I)c2)cc1. The molecule has 0 saturated carbocycles. The summed E-state index contributed by atoms with van der Waals surface area (Å²) >= 11 is 2.21. The number of hydrogen-bond donors (Lipinski definition) is 1. The van der Waals surface area contributed by atoms with E-state index in [2.05, 4.69) is 66.0 Å². The Morgan fingerprint density at radius 2 is 1.85 bits per heavy atom. The van der Waals surface area contributed by atoms with Gasteiger partial charge in [-0.15, -0.1) is 0 Å². The zero-order chi connectivity index (χ0) is 14.5. The Hall–Kier alpha value is -1.36. The van der Waals surface area contributed by atoms with Crippen molar-refractivity contribution in [2.24, 2.45) is 0 Å². The van der Waals surface area contributed by atoms with E-state index in [0.29, 0.717) is 18.0 Å². The van der Waals surface area contributed by atoms with Crippen LogP contribution in [0.4, 0.5) is 0 Å². The molecule has 0 bridgehead atoms. The molecule has 0 aliphatic rings. The number of hydrogen-bond acceptors (Lipinski definition) is 1. The summed E-state index contributed by atoms with van der Waals surface area (Å²) in [6.07, 6.45) is 0. The summed E-state index contributed by atoms with van der Waals surface area (Å²) < 4.78 is 1.07. The molecule has 0 atom stereocenters. The highest BCUT2D eigenvalue weighted by Crippen LogP contribution is 2.14. The van der Waals surface area contributed by atoms with E-state index in [9.17, 15) is 4.79 Å². The van der Waals surface area contributed by atoms with Crippen LogP contribution in [-0.4, -0.2) is 5.91 Å². The molecule has 0 fully saturated rings. The molecule has 1 N–H and O–H groups in total. The minimum absolute atomic E-state index is 0.0311. The van der Waals surface area contributed by atoms with Crippen molar-refractivity contribution in [2.45, 2.75) is 26.3 Å². The molecule has 0 saturated heterocycles. The molecule has 1 amide bonds. The molecular weight excluding hydrogens is 361 g/mol. The van der Waals surface area contributed by atoms with Gasteiger partial charge in [-0.2, -0.15) is 0 Å². The van der Waals surface area contributed by atoms with E-state index in [-0.39, 0.29) is 5.91 Å². The number of nitrogens with one attached hydrogen (secondary N) is 1. The maximum atomic E-state index is 12.0. The van der Waals surface area contributed by atoms with Gasteiger partial charge in [-0.05, 0) is 57.8 Å².